The lowest BCUT2D eigenvalue weighted by molar-refractivity contribution is 0.127. The van der Waals surface area contributed by atoms with Crippen LogP contribution in [0.2, 0.25) is 0 Å². The molecule has 0 radical (unpaired) electrons. The van der Waals surface area contributed by atoms with Gasteiger partial charge in [-0.25, -0.2) is 0 Å². The first-order valence-corrected chi connectivity index (χ1v) is 9.62. The van der Waals surface area contributed by atoms with Crippen LogP contribution < -0.4 is 10.7 Å². The molecule has 144 valence electrons. The summed E-state index contributed by atoms with van der Waals surface area (Å²) in [6.07, 6.45) is 0. The number of nitrogens with zero attached hydrogens (tertiary/aromatic N) is 2. The van der Waals surface area contributed by atoms with Gasteiger partial charge in [-0.05, 0) is 24.6 Å². The van der Waals surface area contributed by atoms with E-state index in [-0.39, 0.29) is 0 Å². The highest BCUT2D eigenvalue weighted by Crippen LogP contribution is 2.14. The Bertz CT molecular complexity index is 861. The van der Waals surface area contributed by atoms with Crippen LogP contribution in [0.3, 0.4) is 0 Å². The van der Waals surface area contributed by atoms with Crippen molar-refractivity contribution in [2.45, 2.75) is 13.5 Å². The highest BCUT2D eigenvalue weighted by atomic mass is 16.5. The summed E-state index contributed by atoms with van der Waals surface area (Å²) in [4.78, 5) is 2.31. The number of benzene rings is 3. The van der Waals surface area contributed by atoms with E-state index < -0.39 is 0 Å². The summed E-state index contributed by atoms with van der Waals surface area (Å²) < 4.78 is 5.89. The van der Waals surface area contributed by atoms with E-state index in [0.29, 0.717) is 13.2 Å². The molecule has 0 heterocycles. The average Bonchev–Trinajstić information content (AvgIpc) is 2.77. The van der Waals surface area contributed by atoms with Crippen LogP contribution in [0.1, 0.15) is 23.6 Å². The molecule has 28 heavy (non-hydrogen) atoms. The van der Waals surface area contributed by atoms with Crippen LogP contribution in [0.25, 0.3) is 0 Å². The Hall–Kier alpha value is -3.11. The fourth-order valence-electron chi connectivity index (χ4n) is 3.14. The van der Waals surface area contributed by atoms with Crippen LogP contribution in [-0.2, 0) is 11.3 Å². The van der Waals surface area contributed by atoms with Crippen LogP contribution >= 0.6 is 0 Å². The topological polar surface area (TPSA) is 50.8 Å². The zero-order valence-corrected chi connectivity index (χ0v) is 16.3. The lowest BCUT2D eigenvalue weighted by Gasteiger charge is -2.22. The third-order valence-electron chi connectivity index (χ3n) is 4.68. The number of para-hydroxylation sites is 1. The van der Waals surface area contributed by atoms with Gasteiger partial charge in [-0.1, -0.05) is 72.8 Å². The molecule has 0 saturated heterocycles. The van der Waals surface area contributed by atoms with E-state index in [4.69, 9.17) is 10.6 Å². The molecule has 3 aromatic carbocycles. The maximum absolute atomic E-state index is 5.89. The molecule has 0 aromatic heterocycles. The first-order valence-electron chi connectivity index (χ1n) is 9.62. The quantitative estimate of drug-likeness (QED) is 0.261. The number of nitrogens with two attached hydrogens (primary N) is 1. The van der Waals surface area contributed by atoms with Gasteiger partial charge in [0.05, 0.1) is 18.9 Å². The molecule has 3 aromatic rings. The Balaban J connectivity index is 1.52. The van der Waals surface area contributed by atoms with E-state index in [1.165, 1.54) is 5.69 Å². The average molecular weight is 374 g/mol. The number of ether oxygens (including phenoxy) is 1. The molecule has 0 amide bonds. The summed E-state index contributed by atoms with van der Waals surface area (Å²) in [6, 6.07) is 28.6. The molecule has 0 fully saturated rings. The number of anilines is 1. The maximum atomic E-state index is 5.89. The van der Waals surface area contributed by atoms with Crippen molar-refractivity contribution in [1.82, 2.24) is 0 Å². The SMILES string of the molecule is CCN(CCOCc1ccc(C(=NN)c2ccccc2)cc1)c1ccccc1. The molecule has 3 rings (SSSR count). The smallest absolute Gasteiger partial charge is 0.0971 e. The number of rotatable bonds is 9. The monoisotopic (exact) mass is 373 g/mol. The molecule has 0 saturated carbocycles. The largest absolute Gasteiger partial charge is 0.375 e. The van der Waals surface area contributed by atoms with Gasteiger partial charge in [0.25, 0.3) is 0 Å². The van der Waals surface area contributed by atoms with Crippen molar-refractivity contribution in [1.29, 1.82) is 0 Å². The van der Waals surface area contributed by atoms with Gasteiger partial charge >= 0.3 is 0 Å². The normalized spacial score (nSPS) is 11.4. The van der Waals surface area contributed by atoms with E-state index in [1.54, 1.807) is 0 Å². The van der Waals surface area contributed by atoms with Crippen LogP contribution in [-0.4, -0.2) is 25.4 Å². The zero-order chi connectivity index (χ0) is 19.6. The molecular weight excluding hydrogens is 346 g/mol. The van der Waals surface area contributed by atoms with Gasteiger partial charge in [-0.2, -0.15) is 5.10 Å². The molecule has 0 atom stereocenters. The van der Waals surface area contributed by atoms with Gasteiger partial charge in [0.15, 0.2) is 0 Å². The van der Waals surface area contributed by atoms with Crippen molar-refractivity contribution in [3.05, 3.63) is 102 Å². The van der Waals surface area contributed by atoms with Crippen molar-refractivity contribution in [3.63, 3.8) is 0 Å². The van der Waals surface area contributed by atoms with Gasteiger partial charge in [0.1, 0.15) is 0 Å². The Morgan fingerprint density at radius 2 is 1.46 bits per heavy atom. The Morgan fingerprint density at radius 1 is 0.857 bits per heavy atom. The maximum Gasteiger partial charge on any atom is 0.0971 e. The first-order chi connectivity index (χ1) is 13.8. The van der Waals surface area contributed by atoms with Crippen molar-refractivity contribution in [2.24, 2.45) is 10.9 Å². The lowest BCUT2D eigenvalue weighted by atomic mass is 10.0. The molecule has 0 aliphatic rings. The summed E-state index contributed by atoms with van der Waals surface area (Å²) in [7, 11) is 0. The third kappa shape index (κ3) is 5.21. The van der Waals surface area contributed by atoms with Gasteiger partial charge in [-0.15, -0.1) is 0 Å². The number of hydrogen-bond acceptors (Lipinski definition) is 4. The second-order valence-corrected chi connectivity index (χ2v) is 6.51. The molecule has 4 nitrogen and oxygen atoms in total. The van der Waals surface area contributed by atoms with Crippen molar-refractivity contribution >= 4 is 11.4 Å². The van der Waals surface area contributed by atoms with E-state index >= 15 is 0 Å². The van der Waals surface area contributed by atoms with Crippen molar-refractivity contribution in [3.8, 4) is 0 Å². The van der Waals surface area contributed by atoms with Crippen molar-refractivity contribution in [2.75, 3.05) is 24.6 Å². The van der Waals surface area contributed by atoms with Gasteiger partial charge in [-0.3, -0.25) is 0 Å². The molecule has 4 heteroatoms. The number of likely N-dealkylation sites (N-methyl/N-ethyl adjacent to an activating group) is 1. The fraction of sp³-hybridized carbons (Fsp3) is 0.208. The van der Waals surface area contributed by atoms with Gasteiger partial charge in [0, 0.05) is 29.9 Å². The Labute approximate surface area is 167 Å². The summed E-state index contributed by atoms with van der Waals surface area (Å²) in [5.74, 6) is 5.62. The highest BCUT2D eigenvalue weighted by Gasteiger charge is 2.07. The Kier molecular flexibility index (Phi) is 7.21. The first kappa shape index (κ1) is 19.6. The van der Waals surface area contributed by atoms with E-state index in [2.05, 4.69) is 53.3 Å². The predicted octanol–water partition coefficient (Wildman–Crippen LogP) is 4.44. The minimum Gasteiger partial charge on any atom is -0.375 e. The molecule has 0 spiro atoms. The number of hydrogen-bond donors (Lipinski definition) is 1. The second-order valence-electron chi connectivity index (χ2n) is 6.51. The molecule has 0 aliphatic heterocycles. The highest BCUT2D eigenvalue weighted by molar-refractivity contribution is 6.12. The van der Waals surface area contributed by atoms with E-state index in [9.17, 15) is 0 Å². The van der Waals surface area contributed by atoms with E-state index in [1.807, 2.05) is 48.5 Å². The predicted molar refractivity (Wildman–Crippen MR) is 117 cm³/mol. The third-order valence-corrected chi connectivity index (χ3v) is 4.68. The zero-order valence-electron chi connectivity index (χ0n) is 16.3. The van der Waals surface area contributed by atoms with Gasteiger partial charge in [0.2, 0.25) is 0 Å². The van der Waals surface area contributed by atoms with Crippen LogP contribution in [0.5, 0.6) is 0 Å². The molecule has 0 unspecified atom stereocenters. The summed E-state index contributed by atoms with van der Waals surface area (Å²) in [5.41, 5.74) is 5.16. The number of hydrazone groups is 1. The minimum absolute atomic E-state index is 0.590. The van der Waals surface area contributed by atoms with Crippen LogP contribution in [0.15, 0.2) is 90.0 Å². The molecular formula is C24H27N3O. The molecule has 2 N–H and O–H groups in total. The fourth-order valence-corrected chi connectivity index (χ4v) is 3.14. The van der Waals surface area contributed by atoms with E-state index in [0.717, 1.165) is 35.5 Å². The standard InChI is InChI=1S/C24H27N3O/c1-2-27(23-11-7-4-8-12-23)17-18-28-19-20-13-15-22(16-14-20)24(26-25)21-9-5-3-6-10-21/h3-16H,2,17-19,25H2,1H3. The summed E-state index contributed by atoms with van der Waals surface area (Å²) >= 11 is 0. The van der Waals surface area contributed by atoms with Crippen LogP contribution in [0.4, 0.5) is 5.69 Å². The second kappa shape index (κ2) is 10.3. The summed E-state index contributed by atoms with van der Waals surface area (Å²) in [6.45, 7) is 5.27. The van der Waals surface area contributed by atoms with Crippen molar-refractivity contribution < 1.29 is 4.74 Å². The van der Waals surface area contributed by atoms with Gasteiger partial charge < -0.3 is 15.5 Å². The Morgan fingerprint density at radius 3 is 2.07 bits per heavy atom. The summed E-state index contributed by atoms with van der Waals surface area (Å²) in [5, 5.41) is 3.97. The minimum atomic E-state index is 0.590. The lowest BCUT2D eigenvalue weighted by Crippen LogP contribution is -2.26. The molecule has 0 aliphatic carbocycles. The molecule has 0 bridgehead atoms. The van der Waals surface area contributed by atoms with Crippen LogP contribution in [0, 0.1) is 0 Å².